The minimum Gasteiger partial charge on any atom is -0.504 e. The summed E-state index contributed by atoms with van der Waals surface area (Å²) < 4.78 is 5.32. The Bertz CT molecular complexity index is 619. The van der Waals surface area contributed by atoms with E-state index in [1.54, 1.807) is 18.2 Å². The molecular formula is C13H16N2O3. The highest BCUT2D eigenvalue weighted by Gasteiger charge is 2.12. The number of fused-ring (bicyclic) bond motifs is 1. The van der Waals surface area contributed by atoms with Crippen molar-refractivity contribution in [1.82, 2.24) is 4.98 Å². The lowest BCUT2D eigenvalue weighted by Crippen LogP contribution is -2.12. The van der Waals surface area contributed by atoms with Crippen LogP contribution in [-0.2, 0) is 0 Å². The van der Waals surface area contributed by atoms with Crippen molar-refractivity contribution in [1.29, 1.82) is 0 Å². The van der Waals surface area contributed by atoms with E-state index in [4.69, 9.17) is 10.5 Å². The zero-order chi connectivity index (χ0) is 13.1. The van der Waals surface area contributed by atoms with Gasteiger partial charge >= 0.3 is 0 Å². The summed E-state index contributed by atoms with van der Waals surface area (Å²) in [6, 6.07) is 4.92. The van der Waals surface area contributed by atoms with Gasteiger partial charge in [-0.15, -0.1) is 0 Å². The van der Waals surface area contributed by atoms with E-state index in [2.05, 4.69) is 4.98 Å². The Morgan fingerprint density at radius 2 is 2.22 bits per heavy atom. The highest BCUT2D eigenvalue weighted by molar-refractivity contribution is 5.88. The fourth-order valence-electron chi connectivity index (χ4n) is 1.73. The SMILES string of the molecule is CCCCOc1c(O)c2ccc(N)cc2[nH]c1=O. The van der Waals surface area contributed by atoms with Crippen LogP contribution in [0.1, 0.15) is 19.8 Å². The van der Waals surface area contributed by atoms with Gasteiger partial charge in [0.2, 0.25) is 5.75 Å². The number of ether oxygens (including phenoxy) is 1. The number of nitrogens with two attached hydrogens (primary N) is 1. The molecule has 1 aromatic carbocycles. The van der Waals surface area contributed by atoms with Crippen LogP contribution in [-0.4, -0.2) is 16.7 Å². The van der Waals surface area contributed by atoms with E-state index in [0.29, 0.717) is 23.2 Å². The molecule has 0 aliphatic carbocycles. The lowest BCUT2D eigenvalue weighted by atomic mass is 10.2. The predicted molar refractivity (Wildman–Crippen MR) is 71.0 cm³/mol. The molecule has 1 heterocycles. The molecule has 0 fully saturated rings. The number of hydrogen-bond acceptors (Lipinski definition) is 4. The monoisotopic (exact) mass is 248 g/mol. The standard InChI is InChI=1S/C13H16N2O3/c1-2-3-6-18-12-11(16)9-5-4-8(14)7-10(9)15-13(12)17/h4-5,7H,2-3,6,14H2,1H3,(H2,15,16,17). The van der Waals surface area contributed by atoms with Crippen molar-refractivity contribution in [2.24, 2.45) is 0 Å². The summed E-state index contributed by atoms with van der Waals surface area (Å²) in [5.74, 6) is -0.162. The van der Waals surface area contributed by atoms with Gasteiger partial charge in [0.15, 0.2) is 5.75 Å². The maximum Gasteiger partial charge on any atom is 0.294 e. The molecule has 0 amide bonds. The average Bonchev–Trinajstić information content (AvgIpc) is 2.33. The number of hydrogen-bond donors (Lipinski definition) is 3. The van der Waals surface area contributed by atoms with Crippen LogP contribution in [0.15, 0.2) is 23.0 Å². The number of anilines is 1. The van der Waals surface area contributed by atoms with Crippen LogP contribution < -0.4 is 16.0 Å². The van der Waals surface area contributed by atoms with Crippen molar-refractivity contribution in [3.63, 3.8) is 0 Å². The third-order valence-corrected chi connectivity index (χ3v) is 2.71. The highest BCUT2D eigenvalue weighted by atomic mass is 16.5. The quantitative estimate of drug-likeness (QED) is 0.570. The van der Waals surface area contributed by atoms with Crippen molar-refractivity contribution < 1.29 is 9.84 Å². The average molecular weight is 248 g/mol. The topological polar surface area (TPSA) is 88.3 Å². The molecule has 0 aliphatic heterocycles. The molecular weight excluding hydrogens is 232 g/mol. The molecule has 4 N–H and O–H groups in total. The molecule has 2 rings (SSSR count). The summed E-state index contributed by atoms with van der Waals surface area (Å²) >= 11 is 0. The van der Waals surface area contributed by atoms with Gasteiger partial charge in [-0.05, 0) is 24.6 Å². The van der Waals surface area contributed by atoms with Gasteiger partial charge in [0.05, 0.1) is 12.1 Å². The van der Waals surface area contributed by atoms with Gasteiger partial charge in [0.1, 0.15) is 0 Å². The van der Waals surface area contributed by atoms with Crippen molar-refractivity contribution in [3.8, 4) is 11.5 Å². The number of aromatic hydroxyl groups is 1. The largest absolute Gasteiger partial charge is 0.504 e. The first-order valence-corrected chi connectivity index (χ1v) is 5.90. The summed E-state index contributed by atoms with van der Waals surface area (Å²) in [5, 5.41) is 10.6. The summed E-state index contributed by atoms with van der Waals surface area (Å²) in [6.07, 6.45) is 1.79. The fraction of sp³-hybridized carbons (Fsp3) is 0.308. The van der Waals surface area contributed by atoms with Crippen LogP contribution in [0.4, 0.5) is 5.69 Å². The van der Waals surface area contributed by atoms with Crippen LogP contribution in [0.5, 0.6) is 11.5 Å². The molecule has 0 saturated heterocycles. The molecule has 0 aliphatic rings. The lowest BCUT2D eigenvalue weighted by molar-refractivity contribution is 0.290. The molecule has 96 valence electrons. The number of rotatable bonds is 4. The third-order valence-electron chi connectivity index (χ3n) is 2.71. The number of benzene rings is 1. The number of aromatic nitrogens is 1. The first-order chi connectivity index (χ1) is 8.63. The van der Waals surface area contributed by atoms with E-state index in [0.717, 1.165) is 12.8 Å². The Morgan fingerprint density at radius 3 is 2.94 bits per heavy atom. The second-order valence-electron chi connectivity index (χ2n) is 4.14. The van der Waals surface area contributed by atoms with E-state index in [9.17, 15) is 9.90 Å². The number of aromatic amines is 1. The molecule has 0 saturated carbocycles. The maximum absolute atomic E-state index is 11.8. The van der Waals surface area contributed by atoms with Gasteiger partial charge < -0.3 is 20.6 Å². The second kappa shape index (κ2) is 5.00. The Balaban J connectivity index is 2.48. The van der Waals surface area contributed by atoms with Gasteiger partial charge in [0, 0.05) is 11.1 Å². The van der Waals surface area contributed by atoms with E-state index < -0.39 is 5.56 Å². The minimum atomic E-state index is -0.443. The Morgan fingerprint density at radius 1 is 1.44 bits per heavy atom. The van der Waals surface area contributed by atoms with Crippen molar-refractivity contribution in [3.05, 3.63) is 28.6 Å². The molecule has 18 heavy (non-hydrogen) atoms. The van der Waals surface area contributed by atoms with Crippen LogP contribution >= 0.6 is 0 Å². The van der Waals surface area contributed by atoms with Gasteiger partial charge in [-0.25, -0.2) is 0 Å². The summed E-state index contributed by atoms with van der Waals surface area (Å²) in [5.41, 5.74) is 6.21. The van der Waals surface area contributed by atoms with E-state index in [-0.39, 0.29) is 11.5 Å². The summed E-state index contributed by atoms with van der Waals surface area (Å²) in [6.45, 7) is 2.43. The molecule has 2 aromatic rings. The smallest absolute Gasteiger partial charge is 0.294 e. The Hall–Kier alpha value is -2.17. The van der Waals surface area contributed by atoms with Crippen molar-refractivity contribution in [2.75, 3.05) is 12.3 Å². The molecule has 0 unspecified atom stereocenters. The number of unbranched alkanes of at least 4 members (excludes halogenated alkanes) is 1. The van der Waals surface area contributed by atoms with Gasteiger partial charge in [-0.1, -0.05) is 13.3 Å². The predicted octanol–water partition coefficient (Wildman–Crippen LogP) is 1.99. The maximum atomic E-state index is 11.8. The van der Waals surface area contributed by atoms with Crippen LogP contribution in [0.2, 0.25) is 0 Å². The van der Waals surface area contributed by atoms with Crippen LogP contribution in [0.25, 0.3) is 10.9 Å². The molecule has 0 atom stereocenters. The zero-order valence-electron chi connectivity index (χ0n) is 10.2. The normalized spacial score (nSPS) is 10.7. The minimum absolute atomic E-state index is 0.0271. The molecule has 1 aromatic heterocycles. The summed E-state index contributed by atoms with van der Waals surface area (Å²) in [7, 11) is 0. The first kappa shape index (κ1) is 12.3. The van der Waals surface area contributed by atoms with Gasteiger partial charge in [-0.2, -0.15) is 0 Å². The molecule has 0 spiro atoms. The second-order valence-corrected chi connectivity index (χ2v) is 4.14. The number of H-pyrrole nitrogens is 1. The highest BCUT2D eigenvalue weighted by Crippen LogP contribution is 2.30. The number of pyridine rings is 1. The molecule has 0 radical (unpaired) electrons. The zero-order valence-corrected chi connectivity index (χ0v) is 10.2. The number of nitrogen functional groups attached to an aromatic ring is 1. The first-order valence-electron chi connectivity index (χ1n) is 5.90. The van der Waals surface area contributed by atoms with Gasteiger partial charge in [0.25, 0.3) is 5.56 Å². The fourth-order valence-corrected chi connectivity index (χ4v) is 1.73. The van der Waals surface area contributed by atoms with Gasteiger partial charge in [-0.3, -0.25) is 4.79 Å². The Kier molecular flexibility index (Phi) is 3.41. The Labute approximate surface area is 104 Å². The van der Waals surface area contributed by atoms with E-state index in [1.165, 1.54) is 0 Å². The van der Waals surface area contributed by atoms with E-state index in [1.807, 2.05) is 6.92 Å². The molecule has 5 nitrogen and oxygen atoms in total. The van der Waals surface area contributed by atoms with Crippen LogP contribution in [0, 0.1) is 0 Å². The third kappa shape index (κ3) is 2.25. The van der Waals surface area contributed by atoms with Crippen molar-refractivity contribution >= 4 is 16.6 Å². The van der Waals surface area contributed by atoms with Crippen molar-refractivity contribution in [2.45, 2.75) is 19.8 Å². The van der Waals surface area contributed by atoms with E-state index >= 15 is 0 Å². The summed E-state index contributed by atoms with van der Waals surface area (Å²) in [4.78, 5) is 14.4. The number of nitrogens with one attached hydrogen (secondary N) is 1. The molecule has 5 heteroatoms. The lowest BCUT2D eigenvalue weighted by Gasteiger charge is -2.09. The van der Waals surface area contributed by atoms with Crippen LogP contribution in [0.3, 0.4) is 0 Å². The molecule has 0 bridgehead atoms.